The normalized spacial score (nSPS) is 11.8. The molecule has 106 valence electrons. The fourth-order valence-corrected chi connectivity index (χ4v) is 1.60. The molecular formula is C12H20N4O3. The summed E-state index contributed by atoms with van der Waals surface area (Å²) >= 11 is 0. The van der Waals surface area contributed by atoms with Crippen LogP contribution in [0.2, 0.25) is 0 Å². The van der Waals surface area contributed by atoms with E-state index in [0.717, 1.165) is 18.7 Å². The molecule has 0 bridgehead atoms. The average Bonchev–Trinajstić information content (AvgIpc) is 2.87. The Kier molecular flexibility index (Phi) is 6.42. The molecular weight excluding hydrogens is 248 g/mol. The molecule has 0 fully saturated rings. The van der Waals surface area contributed by atoms with Gasteiger partial charge in [-0.3, -0.25) is 0 Å². The van der Waals surface area contributed by atoms with Gasteiger partial charge in [0.15, 0.2) is 0 Å². The van der Waals surface area contributed by atoms with Gasteiger partial charge in [0.1, 0.15) is 11.9 Å². The maximum Gasteiger partial charge on any atom is 0.326 e. The second kappa shape index (κ2) is 8.12. The third kappa shape index (κ3) is 5.89. The van der Waals surface area contributed by atoms with Gasteiger partial charge in [-0.05, 0) is 6.42 Å². The summed E-state index contributed by atoms with van der Waals surface area (Å²) in [5, 5.41) is 14.0. The number of hydrogen-bond acceptors (Lipinski definition) is 3. The molecule has 1 heterocycles. The number of urea groups is 1. The van der Waals surface area contributed by atoms with Gasteiger partial charge in [-0.2, -0.15) is 0 Å². The van der Waals surface area contributed by atoms with Crippen molar-refractivity contribution in [2.24, 2.45) is 0 Å². The van der Waals surface area contributed by atoms with Crippen LogP contribution in [0, 0.1) is 0 Å². The highest BCUT2D eigenvalue weighted by atomic mass is 16.4. The van der Waals surface area contributed by atoms with Crippen molar-refractivity contribution in [3.05, 3.63) is 18.2 Å². The summed E-state index contributed by atoms with van der Waals surface area (Å²) in [5.74, 6) is -0.226. The molecule has 0 saturated heterocycles. The largest absolute Gasteiger partial charge is 0.480 e. The number of imidazole rings is 1. The van der Waals surface area contributed by atoms with Crippen molar-refractivity contribution < 1.29 is 14.7 Å². The van der Waals surface area contributed by atoms with Crippen molar-refractivity contribution in [1.29, 1.82) is 0 Å². The van der Waals surface area contributed by atoms with Crippen LogP contribution in [0.5, 0.6) is 0 Å². The number of rotatable bonds is 8. The zero-order valence-electron chi connectivity index (χ0n) is 11.0. The first-order valence-corrected chi connectivity index (χ1v) is 6.39. The van der Waals surface area contributed by atoms with Gasteiger partial charge in [-0.25, -0.2) is 14.6 Å². The van der Waals surface area contributed by atoms with E-state index in [0.29, 0.717) is 19.4 Å². The molecule has 1 aromatic heterocycles. The third-order valence-corrected chi connectivity index (χ3v) is 2.65. The number of carbonyl (C=O) groups excluding carboxylic acids is 1. The zero-order chi connectivity index (χ0) is 14.1. The standard InChI is InChI=1S/C12H20N4O3/c1-2-3-4-9(11(17)18)16-12(19)15-6-5-10-13-7-8-14-10/h7-9H,2-6H2,1H3,(H,13,14)(H,17,18)(H2,15,16,19). The van der Waals surface area contributed by atoms with Crippen molar-refractivity contribution in [1.82, 2.24) is 20.6 Å². The molecule has 1 rings (SSSR count). The quantitative estimate of drug-likeness (QED) is 0.561. The molecule has 4 N–H and O–H groups in total. The zero-order valence-corrected chi connectivity index (χ0v) is 11.0. The second-order valence-corrected chi connectivity index (χ2v) is 4.22. The Balaban J connectivity index is 2.25. The van der Waals surface area contributed by atoms with E-state index in [9.17, 15) is 9.59 Å². The van der Waals surface area contributed by atoms with Gasteiger partial charge in [-0.1, -0.05) is 19.8 Å². The van der Waals surface area contributed by atoms with Gasteiger partial charge in [0.2, 0.25) is 0 Å². The molecule has 0 radical (unpaired) electrons. The average molecular weight is 268 g/mol. The summed E-state index contributed by atoms with van der Waals surface area (Å²) < 4.78 is 0. The Labute approximate surface area is 111 Å². The maximum atomic E-state index is 11.5. The smallest absolute Gasteiger partial charge is 0.326 e. The van der Waals surface area contributed by atoms with E-state index in [1.807, 2.05) is 6.92 Å². The highest BCUT2D eigenvalue weighted by Crippen LogP contribution is 2.00. The van der Waals surface area contributed by atoms with Gasteiger partial charge >= 0.3 is 12.0 Å². The number of carboxylic acids is 1. The van der Waals surface area contributed by atoms with Gasteiger partial charge in [0.25, 0.3) is 0 Å². The SMILES string of the molecule is CCCCC(NC(=O)NCCc1ncc[nH]1)C(=O)O. The molecule has 0 aromatic carbocycles. The van der Waals surface area contributed by atoms with Crippen LogP contribution in [0.25, 0.3) is 0 Å². The lowest BCUT2D eigenvalue weighted by molar-refractivity contribution is -0.139. The van der Waals surface area contributed by atoms with Crippen LogP contribution >= 0.6 is 0 Å². The summed E-state index contributed by atoms with van der Waals surface area (Å²) in [4.78, 5) is 29.4. The molecule has 1 atom stereocenters. The van der Waals surface area contributed by atoms with E-state index < -0.39 is 18.0 Å². The van der Waals surface area contributed by atoms with Gasteiger partial charge in [0.05, 0.1) is 0 Å². The number of amides is 2. The van der Waals surface area contributed by atoms with Crippen molar-refractivity contribution in [3.8, 4) is 0 Å². The molecule has 1 unspecified atom stereocenters. The molecule has 0 saturated carbocycles. The van der Waals surface area contributed by atoms with E-state index in [1.54, 1.807) is 12.4 Å². The van der Waals surface area contributed by atoms with Crippen LogP contribution in [-0.4, -0.2) is 39.7 Å². The lowest BCUT2D eigenvalue weighted by atomic mass is 10.1. The number of carboxylic acid groups (broad SMARTS) is 1. The Morgan fingerprint density at radius 3 is 2.89 bits per heavy atom. The number of aromatic nitrogens is 2. The molecule has 0 aliphatic carbocycles. The van der Waals surface area contributed by atoms with Crippen molar-refractivity contribution in [2.75, 3.05) is 6.54 Å². The summed E-state index contributed by atoms with van der Waals surface area (Å²) in [6.45, 7) is 2.38. The summed E-state index contributed by atoms with van der Waals surface area (Å²) in [5.41, 5.74) is 0. The van der Waals surface area contributed by atoms with Crippen LogP contribution in [0.3, 0.4) is 0 Å². The predicted octanol–water partition coefficient (Wildman–Crippen LogP) is 0.895. The first kappa shape index (κ1) is 15.0. The summed E-state index contributed by atoms with van der Waals surface area (Å²) in [6.07, 6.45) is 6.03. The van der Waals surface area contributed by atoms with Gasteiger partial charge < -0.3 is 20.7 Å². The van der Waals surface area contributed by atoms with Crippen LogP contribution in [0.1, 0.15) is 32.0 Å². The van der Waals surface area contributed by atoms with Crippen molar-refractivity contribution in [3.63, 3.8) is 0 Å². The lowest BCUT2D eigenvalue weighted by Crippen LogP contribution is -2.46. The number of hydrogen-bond donors (Lipinski definition) is 4. The van der Waals surface area contributed by atoms with E-state index in [-0.39, 0.29) is 0 Å². The number of unbranched alkanes of at least 4 members (excludes halogenated alkanes) is 1. The minimum atomic E-state index is -1.00. The maximum absolute atomic E-state index is 11.5. The van der Waals surface area contributed by atoms with Gasteiger partial charge in [-0.15, -0.1) is 0 Å². The molecule has 0 aliphatic rings. The molecule has 0 aliphatic heterocycles. The van der Waals surface area contributed by atoms with Crippen LogP contribution < -0.4 is 10.6 Å². The molecule has 7 nitrogen and oxygen atoms in total. The predicted molar refractivity (Wildman–Crippen MR) is 69.8 cm³/mol. The molecule has 0 spiro atoms. The lowest BCUT2D eigenvalue weighted by Gasteiger charge is -2.14. The molecule has 19 heavy (non-hydrogen) atoms. The topological polar surface area (TPSA) is 107 Å². The van der Waals surface area contributed by atoms with Crippen molar-refractivity contribution >= 4 is 12.0 Å². The van der Waals surface area contributed by atoms with Gasteiger partial charge in [0, 0.05) is 25.4 Å². The minimum absolute atomic E-state index is 0.402. The highest BCUT2D eigenvalue weighted by Gasteiger charge is 2.18. The number of aliphatic carboxylic acids is 1. The van der Waals surface area contributed by atoms with Crippen LogP contribution in [0.4, 0.5) is 4.79 Å². The van der Waals surface area contributed by atoms with E-state index in [4.69, 9.17) is 5.11 Å². The molecule has 1 aromatic rings. The number of aromatic amines is 1. The Morgan fingerprint density at radius 2 is 2.32 bits per heavy atom. The van der Waals surface area contributed by atoms with Crippen LogP contribution in [0.15, 0.2) is 12.4 Å². The molecule has 7 heteroatoms. The van der Waals surface area contributed by atoms with E-state index in [2.05, 4.69) is 20.6 Å². The fourth-order valence-electron chi connectivity index (χ4n) is 1.60. The van der Waals surface area contributed by atoms with Crippen LogP contribution in [-0.2, 0) is 11.2 Å². The van der Waals surface area contributed by atoms with E-state index >= 15 is 0 Å². The number of nitrogens with zero attached hydrogens (tertiary/aromatic N) is 1. The Hall–Kier alpha value is -2.05. The second-order valence-electron chi connectivity index (χ2n) is 4.22. The number of nitrogens with one attached hydrogen (secondary N) is 3. The fraction of sp³-hybridized carbons (Fsp3) is 0.583. The number of H-pyrrole nitrogens is 1. The summed E-state index contributed by atoms with van der Waals surface area (Å²) in [7, 11) is 0. The first-order chi connectivity index (χ1) is 9.13. The molecule has 2 amide bonds. The first-order valence-electron chi connectivity index (χ1n) is 6.39. The Morgan fingerprint density at radius 1 is 1.53 bits per heavy atom. The third-order valence-electron chi connectivity index (χ3n) is 2.65. The number of carbonyl (C=O) groups is 2. The highest BCUT2D eigenvalue weighted by molar-refractivity contribution is 5.82. The minimum Gasteiger partial charge on any atom is -0.480 e. The Bertz CT molecular complexity index is 392. The van der Waals surface area contributed by atoms with Crippen molar-refractivity contribution in [2.45, 2.75) is 38.6 Å². The van der Waals surface area contributed by atoms with E-state index in [1.165, 1.54) is 0 Å². The monoisotopic (exact) mass is 268 g/mol. The summed E-state index contributed by atoms with van der Waals surface area (Å²) in [6, 6.07) is -1.29.